The molecule has 1 aromatic rings. The number of carbonyl (C=O) groups excluding carboxylic acids is 1. The Morgan fingerprint density at radius 3 is 1.65 bits per heavy atom. The highest BCUT2D eigenvalue weighted by Crippen LogP contribution is 2.22. The predicted octanol–water partition coefficient (Wildman–Crippen LogP) is 6.73. The van der Waals surface area contributed by atoms with Crippen molar-refractivity contribution in [1.29, 1.82) is 0 Å². The van der Waals surface area contributed by atoms with Crippen LogP contribution in [0.1, 0.15) is 107 Å². The van der Waals surface area contributed by atoms with Crippen LogP contribution in [0.4, 0.5) is 11.4 Å². The Balaban J connectivity index is 2.00. The lowest BCUT2D eigenvalue weighted by molar-refractivity contribution is -0.394. The zero-order valence-electron chi connectivity index (χ0n) is 20.6. The first-order chi connectivity index (χ1) is 16.5. The summed E-state index contributed by atoms with van der Waals surface area (Å²) in [7, 11) is 0. The van der Waals surface area contributed by atoms with Crippen LogP contribution >= 0.6 is 0 Å². The molecule has 9 nitrogen and oxygen atoms in total. The van der Waals surface area contributed by atoms with Crippen LogP contribution in [0.15, 0.2) is 18.2 Å². The van der Waals surface area contributed by atoms with Gasteiger partial charge in [-0.25, -0.2) is 0 Å². The number of nitro groups is 2. The fraction of sp³-hybridized carbons (Fsp3) is 0.720. The largest absolute Gasteiger partial charge is 0.381 e. The number of ether oxygens (including phenoxy) is 1. The SMILES string of the molecule is CCCCCCCCCOCCCCCCCCCNC(=O)c1cc([N+](=O)[O-])cc([N+](=O)[O-])c1. The number of unbranched alkanes of at least 4 members (excludes halogenated alkanes) is 12. The molecule has 1 amide bonds. The highest BCUT2D eigenvalue weighted by Gasteiger charge is 2.19. The molecule has 0 aliphatic carbocycles. The number of benzene rings is 1. The molecule has 192 valence electrons. The molecule has 0 unspecified atom stereocenters. The van der Waals surface area contributed by atoms with Crippen molar-refractivity contribution >= 4 is 17.3 Å². The quantitative estimate of drug-likeness (QED) is 0.118. The number of hydrogen-bond acceptors (Lipinski definition) is 6. The van der Waals surface area contributed by atoms with E-state index in [0.717, 1.165) is 63.5 Å². The van der Waals surface area contributed by atoms with Crippen molar-refractivity contribution in [2.45, 2.75) is 96.8 Å². The van der Waals surface area contributed by atoms with Crippen LogP contribution in [0.3, 0.4) is 0 Å². The van der Waals surface area contributed by atoms with Crippen LogP contribution < -0.4 is 5.32 Å². The molecule has 1 rings (SSSR count). The van der Waals surface area contributed by atoms with Gasteiger partial charge in [-0.15, -0.1) is 0 Å². The van der Waals surface area contributed by atoms with Crippen molar-refractivity contribution in [3.8, 4) is 0 Å². The lowest BCUT2D eigenvalue weighted by atomic mass is 10.1. The standard InChI is InChI=1S/C25H41N3O6/c1-2-3-4-5-8-11-14-17-34-18-15-12-9-6-7-10-13-16-26-25(29)22-19-23(27(30)31)21-24(20-22)28(32)33/h19-21H,2-18H2,1H3,(H,26,29). The molecule has 0 aliphatic rings. The number of amides is 1. The number of nitrogens with zero attached hydrogens (tertiary/aromatic N) is 2. The summed E-state index contributed by atoms with van der Waals surface area (Å²) in [6, 6.07) is 2.96. The molecule has 0 fully saturated rings. The summed E-state index contributed by atoms with van der Waals surface area (Å²) in [6.07, 6.45) is 16.6. The molecule has 9 heteroatoms. The van der Waals surface area contributed by atoms with Crippen LogP contribution in [0.5, 0.6) is 0 Å². The van der Waals surface area contributed by atoms with Gasteiger partial charge in [0.1, 0.15) is 0 Å². The van der Waals surface area contributed by atoms with Gasteiger partial charge in [0.2, 0.25) is 0 Å². The minimum atomic E-state index is -0.744. The van der Waals surface area contributed by atoms with E-state index in [4.69, 9.17) is 4.74 Å². The minimum absolute atomic E-state index is 0.0740. The van der Waals surface area contributed by atoms with Gasteiger partial charge in [0.15, 0.2) is 0 Å². The monoisotopic (exact) mass is 479 g/mol. The lowest BCUT2D eigenvalue weighted by Crippen LogP contribution is -2.24. The second-order valence-electron chi connectivity index (χ2n) is 8.72. The third-order valence-electron chi connectivity index (χ3n) is 5.73. The summed E-state index contributed by atoms with van der Waals surface area (Å²) in [5, 5.41) is 24.5. The smallest absolute Gasteiger partial charge is 0.277 e. The maximum absolute atomic E-state index is 12.2. The van der Waals surface area contributed by atoms with Crippen LogP contribution in [-0.2, 0) is 4.74 Å². The summed E-state index contributed by atoms with van der Waals surface area (Å²) in [5.74, 6) is -0.539. The zero-order chi connectivity index (χ0) is 25.0. The number of rotatable bonds is 21. The fourth-order valence-electron chi connectivity index (χ4n) is 3.72. The first-order valence-corrected chi connectivity index (χ1v) is 12.8. The average Bonchev–Trinajstić information content (AvgIpc) is 2.82. The summed E-state index contributed by atoms with van der Waals surface area (Å²) in [4.78, 5) is 32.6. The van der Waals surface area contributed by atoms with Gasteiger partial charge in [-0.2, -0.15) is 0 Å². The molecular weight excluding hydrogens is 438 g/mol. The molecular formula is C25H41N3O6. The molecule has 0 saturated heterocycles. The van der Waals surface area contributed by atoms with E-state index in [1.807, 2.05) is 0 Å². The van der Waals surface area contributed by atoms with Gasteiger partial charge in [0.05, 0.1) is 21.5 Å². The molecule has 34 heavy (non-hydrogen) atoms. The van der Waals surface area contributed by atoms with Crippen molar-refractivity contribution in [2.75, 3.05) is 19.8 Å². The molecule has 1 N–H and O–H groups in total. The Labute approximate surface area is 202 Å². The first-order valence-electron chi connectivity index (χ1n) is 12.8. The molecule has 0 radical (unpaired) electrons. The molecule has 0 atom stereocenters. The van der Waals surface area contributed by atoms with Crippen LogP contribution in [0.25, 0.3) is 0 Å². The Kier molecular flexibility index (Phi) is 16.3. The molecule has 0 bridgehead atoms. The third-order valence-corrected chi connectivity index (χ3v) is 5.73. The van der Waals surface area contributed by atoms with E-state index in [-0.39, 0.29) is 5.56 Å². The molecule has 0 saturated carbocycles. The average molecular weight is 480 g/mol. The van der Waals surface area contributed by atoms with E-state index in [0.29, 0.717) is 6.54 Å². The Hall–Kier alpha value is -2.55. The van der Waals surface area contributed by atoms with Gasteiger partial charge in [-0.3, -0.25) is 25.0 Å². The zero-order valence-corrected chi connectivity index (χ0v) is 20.6. The van der Waals surface area contributed by atoms with Crippen LogP contribution in [-0.4, -0.2) is 35.5 Å². The Morgan fingerprint density at radius 1 is 0.735 bits per heavy atom. The predicted molar refractivity (Wildman–Crippen MR) is 133 cm³/mol. The molecule has 0 heterocycles. The van der Waals surface area contributed by atoms with E-state index in [9.17, 15) is 25.0 Å². The Morgan fingerprint density at radius 2 is 1.18 bits per heavy atom. The lowest BCUT2D eigenvalue weighted by Gasteiger charge is -2.06. The van der Waals surface area contributed by atoms with Crippen molar-refractivity contribution in [2.24, 2.45) is 0 Å². The fourth-order valence-corrected chi connectivity index (χ4v) is 3.72. The van der Waals surface area contributed by atoms with Crippen molar-refractivity contribution in [3.05, 3.63) is 44.0 Å². The second kappa shape index (κ2) is 18.8. The van der Waals surface area contributed by atoms with Crippen LogP contribution in [0, 0.1) is 20.2 Å². The van der Waals surface area contributed by atoms with Crippen molar-refractivity contribution < 1.29 is 19.4 Å². The van der Waals surface area contributed by atoms with Crippen molar-refractivity contribution in [3.63, 3.8) is 0 Å². The molecule has 0 aliphatic heterocycles. The maximum atomic E-state index is 12.2. The number of hydrogen-bond donors (Lipinski definition) is 1. The number of non-ortho nitro benzene ring substituents is 2. The van der Waals surface area contributed by atoms with E-state index >= 15 is 0 Å². The van der Waals surface area contributed by atoms with Gasteiger partial charge in [-0.05, 0) is 19.3 Å². The maximum Gasteiger partial charge on any atom is 0.277 e. The van der Waals surface area contributed by atoms with Gasteiger partial charge < -0.3 is 10.1 Å². The van der Waals surface area contributed by atoms with Gasteiger partial charge in [0, 0.05) is 31.9 Å². The number of carbonyl (C=O) groups is 1. The third kappa shape index (κ3) is 13.9. The number of nitrogens with one attached hydrogen (secondary N) is 1. The highest BCUT2D eigenvalue weighted by atomic mass is 16.6. The Bertz CT molecular complexity index is 709. The summed E-state index contributed by atoms with van der Waals surface area (Å²) in [6.45, 7) is 4.39. The topological polar surface area (TPSA) is 125 Å². The van der Waals surface area contributed by atoms with E-state index in [1.165, 1.54) is 57.8 Å². The van der Waals surface area contributed by atoms with Crippen molar-refractivity contribution in [1.82, 2.24) is 5.32 Å². The number of nitro benzene ring substituents is 2. The van der Waals surface area contributed by atoms with Gasteiger partial charge in [-0.1, -0.05) is 77.6 Å². The summed E-state index contributed by atoms with van der Waals surface area (Å²) in [5.41, 5.74) is -1.01. The normalized spacial score (nSPS) is 10.9. The highest BCUT2D eigenvalue weighted by molar-refractivity contribution is 5.95. The first kappa shape index (κ1) is 29.5. The van der Waals surface area contributed by atoms with E-state index < -0.39 is 27.1 Å². The minimum Gasteiger partial charge on any atom is -0.381 e. The second-order valence-corrected chi connectivity index (χ2v) is 8.72. The van der Waals surface area contributed by atoms with Crippen LogP contribution in [0.2, 0.25) is 0 Å². The molecule has 1 aromatic carbocycles. The van der Waals surface area contributed by atoms with E-state index in [1.54, 1.807) is 0 Å². The van der Waals surface area contributed by atoms with Gasteiger partial charge in [0.25, 0.3) is 17.3 Å². The van der Waals surface area contributed by atoms with E-state index in [2.05, 4.69) is 12.2 Å². The van der Waals surface area contributed by atoms with Gasteiger partial charge >= 0.3 is 0 Å². The summed E-state index contributed by atoms with van der Waals surface area (Å²) < 4.78 is 5.71. The summed E-state index contributed by atoms with van der Waals surface area (Å²) >= 11 is 0. The molecule has 0 spiro atoms. The molecule has 0 aromatic heterocycles.